The minimum Gasteiger partial charge on any atom is -0.458 e. The normalized spacial score (nSPS) is 18.8. The fourth-order valence-corrected chi connectivity index (χ4v) is 10.3. The minimum absolute atomic E-state index is 0.0364. The van der Waals surface area contributed by atoms with Gasteiger partial charge in [-0.1, -0.05) is 50.6 Å². The van der Waals surface area contributed by atoms with Crippen molar-refractivity contribution in [1.82, 2.24) is 46.4 Å². The Morgan fingerprint density at radius 1 is 0.896 bits per heavy atom. The summed E-state index contributed by atoms with van der Waals surface area (Å²) in [7, 11) is 0. The van der Waals surface area contributed by atoms with E-state index in [1.54, 1.807) is 57.2 Å². The molecule has 2 aromatic heterocycles. The Morgan fingerprint density at radius 2 is 1.61 bits per heavy atom. The van der Waals surface area contributed by atoms with Gasteiger partial charge in [-0.05, 0) is 74.3 Å². The number of nitrogens with zero attached hydrogens (tertiary/aromatic N) is 3. The first-order valence-corrected chi connectivity index (χ1v) is 25.8. The SMILES string of the molecule is CC[C@@]1(O)C(=O)OCc2c1cc1n(c2=O)Cc2c-1nc1cc(F)c(C)c3c1c2[C@@H](NC(=O)C(C)OCNC(=O)CNC(=O)[C@H](Cc1ccccc1)NC(=O)CNC(=O)CNC(=O)CCCCCN1C(=O)CC(C)C1=O)CC3. The second-order valence-corrected chi connectivity index (χ2v) is 19.8. The maximum Gasteiger partial charge on any atom is 0.343 e. The highest BCUT2D eigenvalue weighted by molar-refractivity contribution is 6.03. The average molecular weight is 1060 g/mol. The number of unbranched alkanes of at least 4 members (excludes halogenated alkanes) is 2. The first-order valence-electron chi connectivity index (χ1n) is 25.8. The number of likely N-dealkylation sites (tertiary alicyclic amines) is 1. The molecule has 77 heavy (non-hydrogen) atoms. The Hall–Kier alpha value is -7.92. The molecule has 4 aromatic rings. The van der Waals surface area contributed by atoms with Gasteiger partial charge < -0.3 is 51.0 Å². The van der Waals surface area contributed by atoms with Gasteiger partial charge in [0.15, 0.2) is 5.60 Å². The van der Waals surface area contributed by atoms with E-state index in [4.69, 9.17) is 14.5 Å². The molecule has 0 spiro atoms. The Balaban J connectivity index is 0.813. The molecule has 408 valence electrons. The number of pyridine rings is 2. The Morgan fingerprint density at radius 3 is 2.34 bits per heavy atom. The van der Waals surface area contributed by atoms with Crippen LogP contribution in [0.1, 0.15) is 111 Å². The van der Waals surface area contributed by atoms with E-state index >= 15 is 4.39 Å². The van der Waals surface area contributed by atoms with Crippen molar-refractivity contribution in [3.63, 3.8) is 0 Å². The quantitative estimate of drug-likeness (QED) is 0.0222. The number of carbonyl (C=O) groups is 9. The van der Waals surface area contributed by atoms with Crippen LogP contribution in [0, 0.1) is 18.7 Å². The van der Waals surface area contributed by atoms with Gasteiger partial charge in [0.25, 0.3) is 5.56 Å². The zero-order valence-electron chi connectivity index (χ0n) is 43.2. The summed E-state index contributed by atoms with van der Waals surface area (Å²) >= 11 is 0. The minimum atomic E-state index is -2.06. The van der Waals surface area contributed by atoms with Crippen LogP contribution in [0.5, 0.6) is 0 Å². The lowest BCUT2D eigenvalue weighted by Crippen LogP contribution is -2.52. The van der Waals surface area contributed by atoms with Crippen LogP contribution in [0.2, 0.25) is 0 Å². The van der Waals surface area contributed by atoms with E-state index in [9.17, 15) is 53.1 Å². The highest BCUT2D eigenvalue weighted by Crippen LogP contribution is 2.46. The number of esters is 1. The summed E-state index contributed by atoms with van der Waals surface area (Å²) in [6.45, 7) is 4.61. The number of hydrogen-bond donors (Lipinski definition) is 7. The van der Waals surface area contributed by atoms with E-state index < -0.39 is 103 Å². The molecule has 22 nitrogen and oxygen atoms in total. The summed E-state index contributed by atoms with van der Waals surface area (Å²) in [5, 5.41) is 27.5. The maximum absolute atomic E-state index is 15.4. The molecule has 23 heteroatoms. The largest absolute Gasteiger partial charge is 0.458 e. The van der Waals surface area contributed by atoms with Gasteiger partial charge in [-0.15, -0.1) is 0 Å². The van der Waals surface area contributed by atoms with E-state index in [-0.39, 0.29) is 67.7 Å². The summed E-state index contributed by atoms with van der Waals surface area (Å²) in [5.74, 6) is -5.72. The Kier molecular flexibility index (Phi) is 16.9. The van der Waals surface area contributed by atoms with E-state index in [0.29, 0.717) is 83.2 Å². The molecule has 1 aliphatic carbocycles. The van der Waals surface area contributed by atoms with Crippen LogP contribution >= 0.6 is 0 Å². The van der Waals surface area contributed by atoms with Crippen molar-refractivity contribution >= 4 is 64.1 Å². The fraction of sp³-hybridized carbons (Fsp3) is 0.463. The number of aryl methyl sites for hydroxylation is 1. The molecule has 3 aliphatic heterocycles. The van der Waals surface area contributed by atoms with Crippen molar-refractivity contribution in [3.8, 4) is 11.4 Å². The van der Waals surface area contributed by atoms with Gasteiger partial charge in [0, 0.05) is 54.3 Å². The first kappa shape index (κ1) is 55.3. The number of fused-ring (bicyclic) bond motifs is 5. The third kappa shape index (κ3) is 11.9. The lowest BCUT2D eigenvalue weighted by atomic mass is 9.81. The summed E-state index contributed by atoms with van der Waals surface area (Å²) in [6, 6.07) is 9.83. The average Bonchev–Trinajstić information content (AvgIpc) is 4.05. The Bertz CT molecular complexity index is 3130. The molecule has 8 amide bonds. The summed E-state index contributed by atoms with van der Waals surface area (Å²) in [4.78, 5) is 135. The van der Waals surface area contributed by atoms with E-state index in [2.05, 4.69) is 31.9 Å². The Labute approximate surface area is 441 Å². The van der Waals surface area contributed by atoms with E-state index in [0.717, 1.165) is 5.56 Å². The molecule has 1 saturated heterocycles. The number of halogens is 1. The highest BCUT2D eigenvalue weighted by Gasteiger charge is 2.46. The van der Waals surface area contributed by atoms with Crippen molar-refractivity contribution in [2.45, 2.75) is 122 Å². The van der Waals surface area contributed by atoms with Crippen LogP contribution in [-0.4, -0.2) is 118 Å². The second-order valence-electron chi connectivity index (χ2n) is 19.8. The standard InChI is InChI=1S/C54H62FN9O13/c1-5-54(75)35-20-40-48-33(25-64(40)52(73)34(35)26-76-53(54)74)47-37(16-15-32-29(3)36(55)21-38(61-48)46(32)47)62-49(70)30(4)77-27-59-43(67)23-58-50(71)39(19-31-12-8-6-9-13-31)60-44(68)24-57-42(66)22-56-41(65)14-10-7-11-17-63-45(69)18-28(2)51(63)72/h6,8-9,12-13,20-21,28,30,37,39,75H,5,7,10-11,14-19,22-27H2,1-4H3,(H,56,65)(H,57,66)(H,58,71)(H,59,67)(H,60,68)(H,62,70)/t28?,30?,37-,39-,54-/m0/s1. The van der Waals surface area contributed by atoms with Gasteiger partial charge in [0.05, 0.1) is 54.7 Å². The number of amides is 8. The molecule has 1 fully saturated rings. The van der Waals surface area contributed by atoms with Crippen molar-refractivity contribution in [2.75, 3.05) is 32.9 Å². The molecule has 0 radical (unpaired) electrons. The number of imide groups is 1. The molecule has 5 atom stereocenters. The topological polar surface area (TPSA) is 303 Å². The summed E-state index contributed by atoms with van der Waals surface area (Å²) in [6.07, 6.45) is 1.57. The predicted molar refractivity (Wildman–Crippen MR) is 272 cm³/mol. The van der Waals surface area contributed by atoms with Crippen LogP contribution in [0.3, 0.4) is 0 Å². The summed E-state index contributed by atoms with van der Waals surface area (Å²) < 4.78 is 27.8. The molecule has 0 bridgehead atoms. The molecule has 2 aromatic carbocycles. The summed E-state index contributed by atoms with van der Waals surface area (Å²) in [5.41, 5.74) is 1.83. The van der Waals surface area contributed by atoms with Gasteiger partial charge in [0.1, 0.15) is 31.3 Å². The number of ether oxygens (including phenoxy) is 2. The van der Waals surface area contributed by atoms with Crippen LogP contribution in [-0.2, 0) is 84.2 Å². The van der Waals surface area contributed by atoms with Crippen LogP contribution in [0.25, 0.3) is 22.3 Å². The van der Waals surface area contributed by atoms with Gasteiger partial charge in [-0.2, -0.15) is 0 Å². The first-order chi connectivity index (χ1) is 36.8. The number of aromatic nitrogens is 2. The van der Waals surface area contributed by atoms with Crippen molar-refractivity contribution in [3.05, 3.63) is 97.6 Å². The number of cyclic esters (lactones) is 1. The van der Waals surface area contributed by atoms with Crippen molar-refractivity contribution in [1.29, 1.82) is 0 Å². The molecule has 4 aliphatic rings. The van der Waals surface area contributed by atoms with Crippen molar-refractivity contribution < 1.29 is 62.1 Å². The molecular formula is C54H62FN9O13. The van der Waals surface area contributed by atoms with Crippen LogP contribution in [0.15, 0.2) is 47.3 Å². The zero-order chi connectivity index (χ0) is 55.3. The number of nitrogens with one attached hydrogen (secondary N) is 6. The highest BCUT2D eigenvalue weighted by atomic mass is 19.1. The second kappa shape index (κ2) is 23.5. The molecule has 2 unspecified atom stereocenters. The molecular weight excluding hydrogens is 1000 g/mol. The van der Waals surface area contributed by atoms with Crippen LogP contribution in [0.4, 0.5) is 4.39 Å². The van der Waals surface area contributed by atoms with Gasteiger partial charge in [0.2, 0.25) is 47.3 Å². The number of carbonyl (C=O) groups excluding carboxylic acids is 9. The van der Waals surface area contributed by atoms with E-state index in [1.807, 2.05) is 0 Å². The molecule has 0 saturated carbocycles. The number of hydrogen-bond acceptors (Lipinski definition) is 14. The number of rotatable bonds is 22. The monoisotopic (exact) mass is 1060 g/mol. The van der Waals surface area contributed by atoms with Crippen molar-refractivity contribution in [2.24, 2.45) is 5.92 Å². The lowest BCUT2D eigenvalue weighted by molar-refractivity contribution is -0.172. The third-order valence-corrected chi connectivity index (χ3v) is 14.7. The van der Waals surface area contributed by atoms with E-state index in [1.165, 1.54) is 22.5 Å². The molecule has 7 N–H and O–H groups in total. The molecule has 8 rings (SSSR count). The van der Waals surface area contributed by atoms with Gasteiger partial charge >= 0.3 is 5.97 Å². The zero-order valence-corrected chi connectivity index (χ0v) is 43.2. The van der Waals surface area contributed by atoms with Crippen LogP contribution < -0.4 is 37.5 Å². The number of benzene rings is 2. The van der Waals surface area contributed by atoms with Gasteiger partial charge in [-0.25, -0.2) is 14.2 Å². The predicted octanol–water partition coefficient (Wildman–Crippen LogP) is 1.14. The smallest absolute Gasteiger partial charge is 0.343 e. The lowest BCUT2D eigenvalue weighted by Gasteiger charge is -2.31. The fourth-order valence-electron chi connectivity index (χ4n) is 10.3. The maximum atomic E-state index is 15.4. The third-order valence-electron chi connectivity index (χ3n) is 14.7. The molecule has 5 heterocycles. The van der Waals surface area contributed by atoms with Gasteiger partial charge in [-0.3, -0.25) is 48.1 Å². The number of aliphatic hydroxyl groups is 1.